The predicted octanol–water partition coefficient (Wildman–Crippen LogP) is 2.53. The number of benzene rings is 1. The van der Waals surface area contributed by atoms with Gasteiger partial charge in [-0.25, -0.2) is 0 Å². The molecule has 0 saturated carbocycles. The molecular formula is C16H25ClN4S. The Morgan fingerprint density at radius 2 is 1.73 bits per heavy atom. The molecule has 1 atom stereocenters. The molecule has 122 valence electrons. The van der Waals surface area contributed by atoms with Crippen LogP contribution in [0.3, 0.4) is 0 Å². The third-order valence-electron chi connectivity index (χ3n) is 3.53. The Bertz CT molecular complexity index is 525. The van der Waals surface area contributed by atoms with Crippen molar-refractivity contribution in [3.8, 4) is 0 Å². The summed E-state index contributed by atoms with van der Waals surface area (Å²) in [5.41, 5.74) is 3.62. The average Bonchev–Trinajstić information content (AvgIpc) is 2.44. The predicted molar refractivity (Wildman–Crippen MR) is 101 cm³/mol. The third-order valence-corrected chi connectivity index (χ3v) is 3.75. The van der Waals surface area contributed by atoms with Crippen molar-refractivity contribution in [3.63, 3.8) is 0 Å². The minimum Gasteiger partial charge on any atom is -0.378 e. The molecule has 2 N–H and O–H groups in total. The minimum absolute atomic E-state index is 0. The maximum atomic E-state index is 5.32. The van der Waals surface area contributed by atoms with Gasteiger partial charge >= 0.3 is 0 Å². The summed E-state index contributed by atoms with van der Waals surface area (Å²) in [4.78, 5) is 4.27. The summed E-state index contributed by atoms with van der Waals surface area (Å²) in [5, 5.41) is 7.27. The molecule has 4 nitrogen and oxygen atoms in total. The molecule has 0 aromatic heterocycles. The van der Waals surface area contributed by atoms with Gasteiger partial charge in [0, 0.05) is 38.4 Å². The molecule has 0 fully saturated rings. The molecule has 6 heteroatoms. The van der Waals surface area contributed by atoms with Crippen molar-refractivity contribution in [2.24, 2.45) is 0 Å². The lowest BCUT2D eigenvalue weighted by molar-refractivity contribution is 0.409. The summed E-state index contributed by atoms with van der Waals surface area (Å²) in [6.45, 7) is 1.01. The maximum absolute atomic E-state index is 5.32. The summed E-state index contributed by atoms with van der Waals surface area (Å²) in [6, 6.07) is 8.72. The van der Waals surface area contributed by atoms with Crippen LogP contribution in [0.4, 0.5) is 5.69 Å². The zero-order valence-electron chi connectivity index (χ0n) is 13.6. The van der Waals surface area contributed by atoms with E-state index in [1.54, 1.807) is 0 Å². The first-order valence-corrected chi connectivity index (χ1v) is 7.57. The highest BCUT2D eigenvalue weighted by Crippen LogP contribution is 2.22. The molecule has 0 aliphatic carbocycles. The molecule has 0 radical (unpaired) electrons. The van der Waals surface area contributed by atoms with Gasteiger partial charge in [0.05, 0.1) is 6.04 Å². The van der Waals surface area contributed by atoms with Crippen molar-refractivity contribution in [2.75, 3.05) is 39.6 Å². The van der Waals surface area contributed by atoms with Gasteiger partial charge in [-0.15, -0.1) is 12.4 Å². The zero-order valence-corrected chi connectivity index (χ0v) is 15.2. The fraction of sp³-hybridized carbons (Fsp3) is 0.438. The van der Waals surface area contributed by atoms with Crippen LogP contribution in [-0.4, -0.2) is 44.7 Å². The van der Waals surface area contributed by atoms with Crippen LogP contribution >= 0.6 is 24.6 Å². The minimum atomic E-state index is 0. The number of hydrogen-bond donors (Lipinski definition) is 2. The summed E-state index contributed by atoms with van der Waals surface area (Å²) in [5.74, 6) is 0. The van der Waals surface area contributed by atoms with E-state index in [2.05, 4.69) is 64.9 Å². The monoisotopic (exact) mass is 340 g/mol. The van der Waals surface area contributed by atoms with Crippen LogP contribution in [0.15, 0.2) is 36.0 Å². The molecule has 0 saturated heterocycles. The van der Waals surface area contributed by atoms with E-state index in [-0.39, 0.29) is 18.4 Å². The van der Waals surface area contributed by atoms with Gasteiger partial charge in [-0.2, -0.15) is 0 Å². The molecule has 0 spiro atoms. The Kier molecular flexibility index (Phi) is 7.13. The molecule has 1 aromatic carbocycles. The fourth-order valence-corrected chi connectivity index (χ4v) is 2.51. The molecule has 0 bridgehead atoms. The summed E-state index contributed by atoms with van der Waals surface area (Å²) < 4.78 is 0. The van der Waals surface area contributed by atoms with Crippen molar-refractivity contribution >= 4 is 35.4 Å². The normalized spacial score (nSPS) is 17.2. The SMILES string of the molecule is CN(C)CCC1=CC(c2ccc(N(C)C)cc2)NC(=S)N1.Cl. The smallest absolute Gasteiger partial charge is 0.171 e. The van der Waals surface area contributed by atoms with Gasteiger partial charge in [0.25, 0.3) is 0 Å². The third kappa shape index (κ3) is 5.16. The zero-order chi connectivity index (χ0) is 15.4. The van der Waals surface area contributed by atoms with Crippen LogP contribution in [0.1, 0.15) is 18.0 Å². The van der Waals surface area contributed by atoms with E-state index in [4.69, 9.17) is 12.2 Å². The van der Waals surface area contributed by atoms with E-state index in [1.807, 2.05) is 14.1 Å². The first-order valence-electron chi connectivity index (χ1n) is 7.16. The van der Waals surface area contributed by atoms with Gasteiger partial charge < -0.3 is 20.4 Å². The second kappa shape index (κ2) is 8.36. The van der Waals surface area contributed by atoms with E-state index >= 15 is 0 Å². The topological polar surface area (TPSA) is 30.5 Å². The summed E-state index contributed by atoms with van der Waals surface area (Å²) in [6.07, 6.45) is 3.20. The lowest BCUT2D eigenvalue weighted by atomic mass is 10.0. The highest BCUT2D eigenvalue weighted by Gasteiger charge is 2.17. The average molecular weight is 341 g/mol. The van der Waals surface area contributed by atoms with Gasteiger partial charge in [-0.05, 0) is 50.1 Å². The van der Waals surface area contributed by atoms with Crippen molar-refractivity contribution < 1.29 is 0 Å². The molecule has 1 aliphatic heterocycles. The number of rotatable bonds is 5. The van der Waals surface area contributed by atoms with Crippen molar-refractivity contribution in [1.82, 2.24) is 15.5 Å². The molecule has 22 heavy (non-hydrogen) atoms. The number of anilines is 1. The molecular weight excluding hydrogens is 316 g/mol. The quantitative estimate of drug-likeness (QED) is 0.804. The second-order valence-corrected chi connectivity index (χ2v) is 6.22. The lowest BCUT2D eigenvalue weighted by Gasteiger charge is -2.27. The van der Waals surface area contributed by atoms with E-state index in [0.717, 1.165) is 13.0 Å². The Balaban J connectivity index is 0.00000242. The molecule has 1 aromatic rings. The van der Waals surface area contributed by atoms with Crippen molar-refractivity contribution in [1.29, 1.82) is 0 Å². The first kappa shape index (κ1) is 18.7. The highest BCUT2D eigenvalue weighted by molar-refractivity contribution is 7.80. The Morgan fingerprint density at radius 3 is 2.27 bits per heavy atom. The Labute approximate surface area is 145 Å². The molecule has 2 rings (SSSR count). The molecule has 1 aliphatic rings. The molecule has 1 unspecified atom stereocenters. The number of nitrogens with one attached hydrogen (secondary N) is 2. The van der Waals surface area contributed by atoms with E-state index in [1.165, 1.54) is 16.9 Å². The standard InChI is InChI=1S/C16H24N4S.ClH/c1-19(2)10-9-13-11-15(18-16(21)17-13)12-5-7-14(8-6-12)20(3)4;/h5-8,11,15H,9-10H2,1-4H3,(H2,17,18,21);1H. The lowest BCUT2D eigenvalue weighted by Crippen LogP contribution is -2.41. The number of thiocarbonyl (C=S) groups is 1. The van der Waals surface area contributed by atoms with Gasteiger partial charge in [-0.1, -0.05) is 12.1 Å². The van der Waals surface area contributed by atoms with Gasteiger partial charge in [0.1, 0.15) is 0 Å². The van der Waals surface area contributed by atoms with E-state index in [9.17, 15) is 0 Å². The van der Waals surface area contributed by atoms with Crippen LogP contribution in [0.25, 0.3) is 0 Å². The Morgan fingerprint density at radius 1 is 1.09 bits per heavy atom. The maximum Gasteiger partial charge on any atom is 0.171 e. The fourth-order valence-electron chi connectivity index (χ4n) is 2.26. The number of nitrogens with zero attached hydrogens (tertiary/aromatic N) is 2. The van der Waals surface area contributed by atoms with Crippen LogP contribution in [0.5, 0.6) is 0 Å². The van der Waals surface area contributed by atoms with Gasteiger partial charge in [0.15, 0.2) is 5.11 Å². The first-order chi connectivity index (χ1) is 9.95. The van der Waals surface area contributed by atoms with E-state index in [0.29, 0.717) is 5.11 Å². The highest BCUT2D eigenvalue weighted by atomic mass is 35.5. The van der Waals surface area contributed by atoms with Crippen LogP contribution in [0, 0.1) is 0 Å². The van der Waals surface area contributed by atoms with Crippen molar-refractivity contribution in [3.05, 3.63) is 41.6 Å². The van der Waals surface area contributed by atoms with Gasteiger partial charge in [-0.3, -0.25) is 0 Å². The van der Waals surface area contributed by atoms with Crippen LogP contribution < -0.4 is 15.5 Å². The number of hydrogen-bond acceptors (Lipinski definition) is 3. The summed E-state index contributed by atoms with van der Waals surface area (Å²) >= 11 is 5.32. The van der Waals surface area contributed by atoms with Gasteiger partial charge in [0.2, 0.25) is 0 Å². The van der Waals surface area contributed by atoms with E-state index < -0.39 is 0 Å². The largest absolute Gasteiger partial charge is 0.378 e. The Hall–Kier alpha value is -1.30. The van der Waals surface area contributed by atoms with Crippen LogP contribution in [-0.2, 0) is 0 Å². The van der Waals surface area contributed by atoms with Crippen LogP contribution in [0.2, 0.25) is 0 Å². The number of halogens is 1. The molecule has 0 amide bonds. The second-order valence-electron chi connectivity index (χ2n) is 5.81. The van der Waals surface area contributed by atoms with Crippen molar-refractivity contribution in [2.45, 2.75) is 12.5 Å². The molecule has 1 heterocycles. The summed E-state index contributed by atoms with van der Waals surface area (Å²) in [7, 11) is 8.26.